The first-order valence-corrected chi connectivity index (χ1v) is 22.1. The molecule has 2 N–H and O–H groups in total. The number of carboxylic acids is 1. The highest BCUT2D eigenvalue weighted by atomic mass is 32.2. The number of para-hydroxylation sites is 2. The first-order valence-electron chi connectivity index (χ1n) is 19.5. The lowest BCUT2D eigenvalue weighted by atomic mass is 9.81. The van der Waals surface area contributed by atoms with E-state index in [1.165, 1.54) is 16.7 Å². The molecule has 1 aliphatic carbocycles. The molecule has 2 aromatic rings. The van der Waals surface area contributed by atoms with Crippen LogP contribution in [0.1, 0.15) is 104 Å². The van der Waals surface area contributed by atoms with Crippen LogP contribution in [0.25, 0.3) is 0 Å². The molecule has 0 atom stereocenters. The minimum absolute atomic E-state index is 0.0566. The number of unbranched alkanes of at least 4 members (excludes halogenated alkanes) is 2. The number of carboxylic acid groups (broad SMARTS) is 1. The largest absolute Gasteiger partial charge is 0.481 e. The minimum atomic E-state index is -4.03. The Labute approximate surface area is 331 Å². The number of hydrogen-bond donors (Lipinski definition) is 2. The molecule has 11 heteroatoms. The summed E-state index contributed by atoms with van der Waals surface area (Å²) in [6.45, 7) is 12.5. The van der Waals surface area contributed by atoms with Crippen LogP contribution in [0.3, 0.4) is 0 Å². The van der Waals surface area contributed by atoms with Crippen molar-refractivity contribution in [2.75, 3.05) is 36.1 Å². The lowest BCUT2D eigenvalue weighted by Crippen LogP contribution is -2.28. The van der Waals surface area contributed by atoms with Crippen molar-refractivity contribution in [3.63, 3.8) is 0 Å². The standard InChI is InChI=1S/C44H56N2O7S2/c1-6-7-29-53-41(49)25-28-46-37-20-11-9-18-35(37)44(4,5)39(46)24-22-33-16-14-15-32(42(33)54-30-26-40(47)48)21-23-38-43(2,3)34-17-8-10-19-36(34)45(38)27-12-13-31-55(50,51)52/h8-11,17-24H,6-7,12-16,25-31H2,1-5H3,(H-,47,48,50,51,52)/p+1. The zero-order valence-corrected chi connectivity index (χ0v) is 34.6. The Hall–Kier alpha value is -3.93. The maximum atomic E-state index is 12.7. The Morgan fingerprint density at radius 1 is 0.927 bits per heavy atom. The van der Waals surface area contributed by atoms with Gasteiger partial charge in [-0.05, 0) is 74.8 Å². The number of hydrogen-bond acceptors (Lipinski definition) is 7. The van der Waals surface area contributed by atoms with Gasteiger partial charge in [-0.25, -0.2) is 0 Å². The molecule has 5 rings (SSSR count). The highest BCUT2D eigenvalue weighted by Crippen LogP contribution is 2.48. The molecular weight excluding hydrogens is 733 g/mol. The first-order chi connectivity index (χ1) is 26.1. The fourth-order valence-electron chi connectivity index (χ4n) is 7.93. The van der Waals surface area contributed by atoms with E-state index in [2.05, 4.69) is 98.7 Å². The van der Waals surface area contributed by atoms with Crippen molar-refractivity contribution >= 4 is 50.9 Å². The number of nitrogens with zero attached hydrogens (tertiary/aromatic N) is 2. The van der Waals surface area contributed by atoms with E-state index in [0.717, 1.165) is 65.4 Å². The van der Waals surface area contributed by atoms with Crippen molar-refractivity contribution in [1.29, 1.82) is 0 Å². The van der Waals surface area contributed by atoms with Gasteiger partial charge in [0.05, 0.1) is 30.6 Å². The summed E-state index contributed by atoms with van der Waals surface area (Å²) in [6, 6.07) is 16.7. The number of allylic oxidation sites excluding steroid dienone is 7. The molecule has 0 unspecified atom stereocenters. The van der Waals surface area contributed by atoms with E-state index in [1.54, 1.807) is 11.8 Å². The summed E-state index contributed by atoms with van der Waals surface area (Å²) in [5.41, 5.74) is 8.53. The second-order valence-corrected chi connectivity index (χ2v) is 18.2. The topological polar surface area (TPSA) is 124 Å². The third kappa shape index (κ3) is 10.3. The summed E-state index contributed by atoms with van der Waals surface area (Å²) in [7, 11) is -4.03. The van der Waals surface area contributed by atoms with Gasteiger partial charge >= 0.3 is 11.9 Å². The van der Waals surface area contributed by atoms with E-state index < -0.39 is 16.1 Å². The second kappa shape index (κ2) is 18.3. The van der Waals surface area contributed by atoms with Gasteiger partial charge in [0.2, 0.25) is 5.69 Å². The number of esters is 1. The normalized spacial score (nSPS) is 19.1. The summed E-state index contributed by atoms with van der Waals surface area (Å²) >= 11 is 1.60. The van der Waals surface area contributed by atoms with Gasteiger partial charge in [-0.1, -0.05) is 75.7 Å². The third-order valence-corrected chi connectivity index (χ3v) is 12.9. The zero-order chi connectivity index (χ0) is 39.8. The van der Waals surface area contributed by atoms with Crippen molar-refractivity contribution in [1.82, 2.24) is 0 Å². The van der Waals surface area contributed by atoms with Crippen LogP contribution < -0.4 is 4.90 Å². The number of carbonyl (C=O) groups is 2. The smallest absolute Gasteiger partial charge is 0.307 e. The van der Waals surface area contributed by atoms with Gasteiger partial charge in [-0.3, -0.25) is 14.1 Å². The van der Waals surface area contributed by atoms with Gasteiger partial charge in [0.15, 0.2) is 5.71 Å². The molecule has 0 bridgehead atoms. The van der Waals surface area contributed by atoms with Gasteiger partial charge in [-0.2, -0.15) is 13.0 Å². The molecule has 0 amide bonds. The fourth-order valence-corrected chi connectivity index (χ4v) is 9.69. The van der Waals surface area contributed by atoms with Crippen LogP contribution in [0, 0.1) is 0 Å². The van der Waals surface area contributed by atoms with Crippen LogP contribution in [-0.2, 0) is 35.3 Å². The predicted octanol–water partition coefficient (Wildman–Crippen LogP) is 9.27. The summed E-state index contributed by atoms with van der Waals surface area (Å²) in [6.07, 6.45) is 14.6. The van der Waals surface area contributed by atoms with E-state index in [9.17, 15) is 27.7 Å². The van der Waals surface area contributed by atoms with E-state index in [0.29, 0.717) is 38.3 Å². The summed E-state index contributed by atoms with van der Waals surface area (Å²) in [5, 5.41) is 9.53. The molecule has 2 aliphatic heterocycles. The monoisotopic (exact) mass is 789 g/mol. The highest BCUT2D eigenvalue weighted by molar-refractivity contribution is 8.03. The van der Waals surface area contributed by atoms with Crippen molar-refractivity contribution in [3.8, 4) is 0 Å². The molecule has 0 spiro atoms. The van der Waals surface area contributed by atoms with Crippen LogP contribution in [0.5, 0.6) is 0 Å². The molecule has 9 nitrogen and oxygen atoms in total. The second-order valence-electron chi connectivity index (χ2n) is 15.6. The quantitative estimate of drug-likeness (QED) is 0.0658. The number of carbonyl (C=O) groups excluding carboxylic acids is 1. The fraction of sp³-hybridized carbons (Fsp3) is 0.477. The van der Waals surface area contributed by atoms with E-state index >= 15 is 0 Å². The molecule has 296 valence electrons. The van der Waals surface area contributed by atoms with Gasteiger partial charge in [0.25, 0.3) is 10.1 Å². The van der Waals surface area contributed by atoms with Gasteiger partial charge < -0.3 is 14.7 Å². The lowest BCUT2D eigenvalue weighted by molar-refractivity contribution is -0.438. The average molecular weight is 790 g/mol. The van der Waals surface area contributed by atoms with Crippen LogP contribution in [0.4, 0.5) is 11.4 Å². The molecule has 0 saturated carbocycles. The van der Waals surface area contributed by atoms with Crippen molar-refractivity contribution in [2.24, 2.45) is 0 Å². The minimum Gasteiger partial charge on any atom is -0.481 e. The van der Waals surface area contributed by atoms with E-state index in [1.807, 2.05) is 18.2 Å². The number of fused-ring (bicyclic) bond motifs is 2. The van der Waals surface area contributed by atoms with Crippen molar-refractivity contribution in [2.45, 2.75) is 103 Å². The molecule has 0 saturated heterocycles. The Kier molecular flexibility index (Phi) is 14.1. The Balaban J connectivity index is 1.51. The maximum Gasteiger partial charge on any atom is 0.307 e. The average Bonchev–Trinajstić information content (AvgIpc) is 3.48. The number of thioether (sulfide) groups is 1. The molecule has 0 fully saturated rings. The van der Waals surface area contributed by atoms with E-state index in [4.69, 9.17) is 4.74 Å². The Morgan fingerprint density at radius 2 is 1.65 bits per heavy atom. The third-order valence-electron chi connectivity index (χ3n) is 10.9. The number of aliphatic carboxylic acids is 1. The first kappa shape index (κ1) is 42.2. The van der Waals surface area contributed by atoms with Crippen LogP contribution in [-0.4, -0.2) is 71.5 Å². The number of benzene rings is 2. The SMILES string of the molecule is CCCCOC(=O)CCN1/C(=C/C=C2\CCCC(/C=C/C3=[N+](CCCCS(=O)(=O)O)c4ccccc4C3(C)C)=C2SCCC(=O)O)C(C)(C)c2ccccc21. The number of rotatable bonds is 18. The van der Waals surface area contributed by atoms with Crippen molar-refractivity contribution < 1.29 is 37.0 Å². The summed E-state index contributed by atoms with van der Waals surface area (Å²) in [5.74, 6) is -0.834. The highest BCUT2D eigenvalue weighted by Gasteiger charge is 2.44. The van der Waals surface area contributed by atoms with Crippen molar-refractivity contribution in [3.05, 3.63) is 106 Å². The summed E-state index contributed by atoms with van der Waals surface area (Å²) < 4.78 is 39.9. The van der Waals surface area contributed by atoms with Gasteiger partial charge in [-0.15, -0.1) is 11.8 Å². The van der Waals surface area contributed by atoms with Crippen LogP contribution in [0.15, 0.2) is 94.6 Å². The molecule has 0 radical (unpaired) electrons. The predicted molar refractivity (Wildman–Crippen MR) is 223 cm³/mol. The Morgan fingerprint density at radius 3 is 2.38 bits per heavy atom. The molecule has 55 heavy (non-hydrogen) atoms. The maximum absolute atomic E-state index is 12.7. The summed E-state index contributed by atoms with van der Waals surface area (Å²) in [4.78, 5) is 27.7. The van der Waals surface area contributed by atoms with Crippen LogP contribution >= 0.6 is 11.8 Å². The van der Waals surface area contributed by atoms with E-state index in [-0.39, 0.29) is 35.4 Å². The number of ether oxygens (including phenoxy) is 1. The lowest BCUT2D eigenvalue weighted by Gasteiger charge is -2.27. The number of anilines is 1. The Bertz CT molecular complexity index is 2020. The van der Waals surface area contributed by atoms with Crippen LogP contribution in [0.2, 0.25) is 0 Å². The molecule has 0 aromatic heterocycles. The van der Waals surface area contributed by atoms with Gasteiger partial charge in [0.1, 0.15) is 6.54 Å². The van der Waals surface area contributed by atoms with Gasteiger partial charge in [0, 0.05) is 58.1 Å². The molecule has 3 aliphatic rings. The molecular formula is C44H57N2O7S2+. The molecule has 2 heterocycles. The zero-order valence-electron chi connectivity index (χ0n) is 33.0. The molecule has 2 aromatic carbocycles.